The monoisotopic (exact) mass is 435 g/mol. The summed E-state index contributed by atoms with van der Waals surface area (Å²) in [5.41, 5.74) is 0. The molecule has 11 heteroatoms. The summed E-state index contributed by atoms with van der Waals surface area (Å²) in [6.07, 6.45) is 8.98. The molecular weight excluding hydrogens is 416 g/mol. The molecule has 2 heterocycles. The van der Waals surface area contributed by atoms with E-state index in [9.17, 15) is 17.2 Å². The molecule has 0 unspecified atom stereocenters. The molecule has 0 bridgehead atoms. The number of halogens is 2. The maximum Gasteiger partial charge on any atom is 0.266 e. The summed E-state index contributed by atoms with van der Waals surface area (Å²) in [6, 6.07) is 2.68. The molecule has 1 aromatic heterocycles. The van der Waals surface area contributed by atoms with Crippen LogP contribution in [0, 0.1) is 23.5 Å². The molecule has 1 N–H and O–H groups in total. The molecule has 2 aliphatic rings. The molecule has 1 saturated carbocycles. The highest BCUT2D eigenvalue weighted by molar-refractivity contribution is 7.92. The van der Waals surface area contributed by atoms with Gasteiger partial charge >= 0.3 is 0 Å². The van der Waals surface area contributed by atoms with Crippen molar-refractivity contribution in [2.75, 3.05) is 4.72 Å². The number of sulfonamides is 1. The van der Waals surface area contributed by atoms with E-state index in [0.717, 1.165) is 31.7 Å². The third-order valence-corrected chi connectivity index (χ3v) is 6.54. The minimum absolute atomic E-state index is 0.0140. The van der Waals surface area contributed by atoms with Crippen molar-refractivity contribution in [3.05, 3.63) is 42.4 Å². The van der Waals surface area contributed by atoms with E-state index >= 15 is 0 Å². The molecule has 4 rings (SSSR count). The molecule has 0 amide bonds. The number of nitrogens with zero attached hydrogens (tertiary/aromatic N) is 4. The minimum Gasteiger partial charge on any atom is -0.487 e. The minimum atomic E-state index is -4.39. The number of nitrogens with one attached hydrogen (secondary N) is 1. The molecule has 158 valence electrons. The van der Waals surface area contributed by atoms with Gasteiger partial charge in [-0.2, -0.15) is 10.2 Å². The molecule has 0 radical (unpaired) electrons. The molecule has 8 nitrogen and oxygen atoms in total. The summed E-state index contributed by atoms with van der Waals surface area (Å²) in [5.74, 6) is -2.44. The first-order valence-corrected chi connectivity index (χ1v) is 10.9. The number of ether oxygens (including phenoxy) is 1. The first-order valence-electron chi connectivity index (χ1n) is 9.45. The summed E-state index contributed by atoms with van der Waals surface area (Å²) in [5, 5.41) is 7.72. The third kappa shape index (κ3) is 4.30. The molecule has 30 heavy (non-hydrogen) atoms. The van der Waals surface area contributed by atoms with Crippen LogP contribution in [0.4, 0.5) is 14.6 Å². The topological polar surface area (TPSA) is 106 Å². The Bertz CT molecular complexity index is 1070. The van der Waals surface area contributed by atoms with Crippen molar-refractivity contribution in [2.24, 2.45) is 22.0 Å². The van der Waals surface area contributed by atoms with Crippen LogP contribution in [0.15, 0.2) is 45.8 Å². The van der Waals surface area contributed by atoms with Crippen LogP contribution in [0.25, 0.3) is 0 Å². The normalized spacial score (nSPS) is 21.7. The zero-order valence-corrected chi connectivity index (χ0v) is 16.6. The molecular formula is C19H19F2N5O3S. The molecule has 1 aliphatic carbocycles. The van der Waals surface area contributed by atoms with Gasteiger partial charge in [-0.25, -0.2) is 27.2 Å². The van der Waals surface area contributed by atoms with Crippen LogP contribution in [0.2, 0.25) is 0 Å². The van der Waals surface area contributed by atoms with Gasteiger partial charge in [-0.3, -0.25) is 4.72 Å². The summed E-state index contributed by atoms with van der Waals surface area (Å²) >= 11 is 0. The van der Waals surface area contributed by atoms with Gasteiger partial charge in [-0.1, -0.05) is 6.42 Å². The second kappa shape index (κ2) is 8.42. The molecule has 0 saturated heterocycles. The van der Waals surface area contributed by atoms with Crippen molar-refractivity contribution >= 4 is 28.3 Å². The van der Waals surface area contributed by atoms with Gasteiger partial charge in [-0.15, -0.1) is 0 Å². The van der Waals surface area contributed by atoms with E-state index in [1.165, 1.54) is 12.3 Å². The average molecular weight is 435 g/mol. The van der Waals surface area contributed by atoms with Crippen LogP contribution in [-0.4, -0.2) is 36.9 Å². The Morgan fingerprint density at radius 3 is 2.57 bits per heavy atom. The van der Waals surface area contributed by atoms with E-state index in [1.54, 1.807) is 12.4 Å². The zero-order valence-electron chi connectivity index (χ0n) is 15.8. The highest BCUT2D eigenvalue weighted by Gasteiger charge is 2.34. The fourth-order valence-electron chi connectivity index (χ4n) is 3.72. The maximum atomic E-state index is 14.7. The van der Waals surface area contributed by atoms with E-state index in [1.807, 2.05) is 0 Å². The molecule has 1 aliphatic heterocycles. The predicted octanol–water partition coefficient (Wildman–Crippen LogP) is 3.18. The van der Waals surface area contributed by atoms with Gasteiger partial charge in [0.25, 0.3) is 10.0 Å². The first-order chi connectivity index (χ1) is 14.4. The lowest BCUT2D eigenvalue weighted by atomic mass is 9.79. The standard InChI is InChI=1S/C19H19F2N5O3S/c20-14-8-18(30(27,28)26-19-5-6-22-11-23-19)15(21)7-17(14)29-16-4-2-1-3-13(16)12-9-24-25-10-12/h5-13,16H,1-4H2,(H,22,23,26)/t13-,16+/m1/s1. The summed E-state index contributed by atoms with van der Waals surface area (Å²) in [7, 11) is -4.39. The largest absolute Gasteiger partial charge is 0.487 e. The van der Waals surface area contributed by atoms with Crippen LogP contribution in [0.1, 0.15) is 25.7 Å². The van der Waals surface area contributed by atoms with Crippen LogP contribution < -0.4 is 9.46 Å². The van der Waals surface area contributed by atoms with Crippen LogP contribution in [0.5, 0.6) is 5.75 Å². The van der Waals surface area contributed by atoms with Crippen LogP contribution in [-0.2, 0) is 10.0 Å². The SMILES string of the molecule is O=S(=O)(Nc1ccncn1)c1cc(F)c(O[C@H]2CCCC[C@@H]2C2C=NN=C2)cc1F. The average Bonchev–Trinajstić information content (AvgIpc) is 3.26. The van der Waals surface area contributed by atoms with Gasteiger partial charge in [0, 0.05) is 42.6 Å². The van der Waals surface area contributed by atoms with E-state index < -0.39 is 26.6 Å². The van der Waals surface area contributed by atoms with E-state index in [0.29, 0.717) is 12.5 Å². The van der Waals surface area contributed by atoms with Crippen molar-refractivity contribution in [3.8, 4) is 5.75 Å². The van der Waals surface area contributed by atoms with Gasteiger partial charge < -0.3 is 4.74 Å². The van der Waals surface area contributed by atoms with Crippen molar-refractivity contribution in [1.29, 1.82) is 0 Å². The Morgan fingerprint density at radius 2 is 1.83 bits per heavy atom. The second-order valence-electron chi connectivity index (χ2n) is 7.12. The van der Waals surface area contributed by atoms with Gasteiger partial charge in [0.15, 0.2) is 11.6 Å². The maximum absolute atomic E-state index is 14.7. The summed E-state index contributed by atoms with van der Waals surface area (Å²) in [4.78, 5) is 6.56. The number of benzene rings is 1. The molecule has 2 aromatic rings. The highest BCUT2D eigenvalue weighted by atomic mass is 32.2. The Kier molecular flexibility index (Phi) is 5.71. The fraction of sp³-hybridized carbons (Fsp3) is 0.368. The zero-order chi connectivity index (χ0) is 21.1. The Balaban J connectivity index is 1.56. The van der Waals surface area contributed by atoms with Gasteiger partial charge in [0.05, 0.1) is 0 Å². The summed E-state index contributed by atoms with van der Waals surface area (Å²) < 4.78 is 62.1. The lowest BCUT2D eigenvalue weighted by Crippen LogP contribution is -2.36. The van der Waals surface area contributed by atoms with Crippen molar-refractivity contribution in [2.45, 2.75) is 36.7 Å². The molecule has 2 atom stereocenters. The molecule has 1 aromatic carbocycles. The Morgan fingerprint density at radius 1 is 1.07 bits per heavy atom. The second-order valence-corrected chi connectivity index (χ2v) is 8.78. The quantitative estimate of drug-likeness (QED) is 0.750. The smallest absolute Gasteiger partial charge is 0.266 e. The van der Waals surface area contributed by atoms with E-state index in [4.69, 9.17) is 4.74 Å². The first kappa shape index (κ1) is 20.3. The number of aromatic nitrogens is 2. The van der Waals surface area contributed by atoms with Gasteiger partial charge in [0.1, 0.15) is 29.0 Å². The molecule has 0 spiro atoms. The summed E-state index contributed by atoms with van der Waals surface area (Å²) in [6.45, 7) is 0. The van der Waals surface area contributed by atoms with Gasteiger partial charge in [0.2, 0.25) is 0 Å². The Hall–Kier alpha value is -2.95. The Labute approximate surface area is 172 Å². The van der Waals surface area contributed by atoms with E-state index in [-0.39, 0.29) is 29.5 Å². The van der Waals surface area contributed by atoms with E-state index in [2.05, 4.69) is 24.9 Å². The predicted molar refractivity (Wildman–Crippen MR) is 106 cm³/mol. The lowest BCUT2D eigenvalue weighted by molar-refractivity contribution is 0.0830. The number of hydrogen-bond acceptors (Lipinski definition) is 7. The number of anilines is 1. The van der Waals surface area contributed by atoms with Crippen molar-refractivity contribution in [3.63, 3.8) is 0 Å². The molecule has 1 fully saturated rings. The van der Waals surface area contributed by atoms with Crippen molar-refractivity contribution < 1.29 is 21.9 Å². The number of rotatable bonds is 6. The van der Waals surface area contributed by atoms with Crippen molar-refractivity contribution in [1.82, 2.24) is 9.97 Å². The fourth-order valence-corrected chi connectivity index (χ4v) is 4.80. The third-order valence-electron chi connectivity index (χ3n) is 5.17. The number of hydrogen-bond donors (Lipinski definition) is 1. The highest BCUT2D eigenvalue weighted by Crippen LogP contribution is 2.35. The van der Waals surface area contributed by atoms with Gasteiger partial charge in [-0.05, 0) is 25.3 Å². The van der Waals surface area contributed by atoms with Crippen LogP contribution in [0.3, 0.4) is 0 Å². The van der Waals surface area contributed by atoms with Crippen LogP contribution >= 0.6 is 0 Å². The lowest BCUT2D eigenvalue weighted by Gasteiger charge is -2.33.